The van der Waals surface area contributed by atoms with E-state index in [1.807, 2.05) is 0 Å². The number of rotatable bonds is 2. The van der Waals surface area contributed by atoms with Crippen molar-refractivity contribution in [3.8, 4) is 0 Å². The minimum absolute atomic E-state index is 0.0112. The molecule has 1 saturated heterocycles. The van der Waals surface area contributed by atoms with Gasteiger partial charge in [-0.25, -0.2) is 4.39 Å². The lowest BCUT2D eigenvalue weighted by molar-refractivity contribution is -0.145. The van der Waals surface area contributed by atoms with Crippen LogP contribution in [-0.2, 0) is 14.3 Å². The fourth-order valence-electron chi connectivity index (χ4n) is 2.00. The molecule has 1 unspecified atom stereocenters. The number of ether oxygens (including phenoxy) is 1. The second kappa shape index (κ2) is 4.94. The molecule has 0 aliphatic carbocycles. The molecule has 1 heterocycles. The van der Waals surface area contributed by atoms with Gasteiger partial charge in [-0.15, -0.1) is 0 Å². The number of halogens is 2. The molecular formula is C12H11ClFNO3. The first kappa shape index (κ1) is 12.8. The van der Waals surface area contributed by atoms with Crippen LogP contribution in [0.1, 0.15) is 6.42 Å². The second-order valence-corrected chi connectivity index (χ2v) is 4.41. The summed E-state index contributed by atoms with van der Waals surface area (Å²) in [6.07, 6.45) is 0.0112. The summed E-state index contributed by atoms with van der Waals surface area (Å²) in [6, 6.07) is 4.18. The van der Waals surface area contributed by atoms with Crippen molar-refractivity contribution in [1.82, 2.24) is 0 Å². The Morgan fingerprint density at radius 3 is 2.89 bits per heavy atom. The summed E-state index contributed by atoms with van der Waals surface area (Å²) in [6.45, 7) is 0.0894. The Labute approximate surface area is 108 Å². The lowest BCUT2D eigenvalue weighted by Crippen LogP contribution is -2.27. The summed E-state index contributed by atoms with van der Waals surface area (Å²) in [4.78, 5) is 24.4. The van der Waals surface area contributed by atoms with Gasteiger partial charge in [0.25, 0.3) is 0 Å². The number of amides is 1. The fraction of sp³-hybridized carbons (Fsp3) is 0.333. The highest BCUT2D eigenvalue weighted by molar-refractivity contribution is 6.34. The number of hydrogen-bond donors (Lipinski definition) is 0. The number of methoxy groups -OCH3 is 1. The topological polar surface area (TPSA) is 46.6 Å². The molecule has 6 heteroatoms. The lowest BCUT2D eigenvalue weighted by atomic mass is 10.1. The molecule has 96 valence electrons. The molecule has 0 radical (unpaired) electrons. The number of benzene rings is 1. The molecule has 1 atom stereocenters. The van der Waals surface area contributed by atoms with Crippen LogP contribution in [0.5, 0.6) is 0 Å². The lowest BCUT2D eigenvalue weighted by Gasteiger charge is -2.18. The normalized spacial score (nSPS) is 19.2. The molecule has 1 aliphatic heterocycles. The summed E-state index contributed by atoms with van der Waals surface area (Å²) in [5.74, 6) is -1.96. The van der Waals surface area contributed by atoms with E-state index in [-0.39, 0.29) is 29.6 Å². The van der Waals surface area contributed by atoms with Crippen LogP contribution >= 0.6 is 11.6 Å². The Kier molecular flexibility index (Phi) is 3.52. The predicted molar refractivity (Wildman–Crippen MR) is 63.9 cm³/mol. The number of para-hydroxylation sites is 1. The maximum Gasteiger partial charge on any atom is 0.311 e. The zero-order valence-electron chi connectivity index (χ0n) is 9.65. The van der Waals surface area contributed by atoms with Crippen LogP contribution in [0, 0.1) is 11.7 Å². The highest BCUT2D eigenvalue weighted by Crippen LogP contribution is 2.33. The predicted octanol–water partition coefficient (Wildman–Crippen LogP) is 2.00. The Morgan fingerprint density at radius 1 is 1.56 bits per heavy atom. The Balaban J connectivity index is 2.30. The van der Waals surface area contributed by atoms with Crippen LogP contribution < -0.4 is 4.90 Å². The molecule has 1 aromatic rings. The molecule has 4 nitrogen and oxygen atoms in total. The molecule has 0 saturated carbocycles. The first-order valence-corrected chi connectivity index (χ1v) is 5.74. The largest absolute Gasteiger partial charge is 0.469 e. The number of carbonyl (C=O) groups excluding carboxylic acids is 2. The van der Waals surface area contributed by atoms with Gasteiger partial charge < -0.3 is 9.64 Å². The van der Waals surface area contributed by atoms with Crippen molar-refractivity contribution in [2.75, 3.05) is 18.6 Å². The minimum Gasteiger partial charge on any atom is -0.469 e. The number of hydrogen-bond acceptors (Lipinski definition) is 3. The second-order valence-electron chi connectivity index (χ2n) is 4.00. The van der Waals surface area contributed by atoms with Crippen molar-refractivity contribution >= 4 is 29.2 Å². The Hall–Kier alpha value is -1.62. The first-order chi connectivity index (χ1) is 8.54. The van der Waals surface area contributed by atoms with Gasteiger partial charge in [0.2, 0.25) is 5.91 Å². The Morgan fingerprint density at radius 2 is 2.28 bits per heavy atom. The number of esters is 1. The molecule has 1 aliphatic rings. The van der Waals surface area contributed by atoms with Gasteiger partial charge in [-0.1, -0.05) is 17.7 Å². The van der Waals surface area contributed by atoms with Crippen LogP contribution in [0.3, 0.4) is 0 Å². The summed E-state index contributed by atoms with van der Waals surface area (Å²) < 4.78 is 18.3. The standard InChI is InChI=1S/C12H11ClFNO3/c1-18-12(17)7-5-10(16)15(6-7)11-8(13)3-2-4-9(11)14/h2-4,7H,5-6H2,1H3. The van der Waals surface area contributed by atoms with E-state index in [1.54, 1.807) is 0 Å². The molecule has 0 N–H and O–H groups in total. The van der Waals surface area contributed by atoms with Crippen molar-refractivity contribution in [2.24, 2.45) is 5.92 Å². The van der Waals surface area contributed by atoms with Gasteiger partial charge in [0.15, 0.2) is 0 Å². The van der Waals surface area contributed by atoms with Gasteiger partial charge in [0, 0.05) is 13.0 Å². The van der Waals surface area contributed by atoms with Crippen molar-refractivity contribution in [3.63, 3.8) is 0 Å². The molecule has 1 amide bonds. The van der Waals surface area contributed by atoms with E-state index in [1.165, 1.54) is 30.2 Å². The van der Waals surface area contributed by atoms with E-state index in [0.717, 1.165) is 0 Å². The summed E-state index contributed by atoms with van der Waals surface area (Å²) >= 11 is 5.89. The van der Waals surface area contributed by atoms with Gasteiger partial charge in [-0.3, -0.25) is 9.59 Å². The van der Waals surface area contributed by atoms with E-state index in [9.17, 15) is 14.0 Å². The van der Waals surface area contributed by atoms with Gasteiger partial charge in [0.1, 0.15) is 5.82 Å². The van der Waals surface area contributed by atoms with Crippen molar-refractivity contribution in [1.29, 1.82) is 0 Å². The zero-order valence-corrected chi connectivity index (χ0v) is 10.4. The third kappa shape index (κ3) is 2.18. The summed E-state index contributed by atoms with van der Waals surface area (Å²) in [7, 11) is 1.26. The van der Waals surface area contributed by atoms with E-state index in [4.69, 9.17) is 11.6 Å². The molecule has 1 fully saturated rings. The average molecular weight is 272 g/mol. The molecule has 0 aromatic heterocycles. The molecule has 1 aromatic carbocycles. The number of anilines is 1. The van der Waals surface area contributed by atoms with E-state index < -0.39 is 17.7 Å². The first-order valence-electron chi connectivity index (χ1n) is 5.36. The smallest absolute Gasteiger partial charge is 0.311 e. The van der Waals surface area contributed by atoms with Crippen LogP contribution in [0.2, 0.25) is 5.02 Å². The maximum absolute atomic E-state index is 13.7. The van der Waals surface area contributed by atoms with Gasteiger partial charge in [-0.05, 0) is 12.1 Å². The third-order valence-corrected chi connectivity index (χ3v) is 3.17. The SMILES string of the molecule is COC(=O)C1CC(=O)N(c2c(F)cccc2Cl)C1. The minimum atomic E-state index is -0.582. The quantitative estimate of drug-likeness (QED) is 0.773. The van der Waals surface area contributed by atoms with Gasteiger partial charge in [0.05, 0.1) is 23.7 Å². The number of carbonyl (C=O) groups is 2. The van der Waals surface area contributed by atoms with E-state index in [2.05, 4.69) is 4.74 Å². The molecule has 18 heavy (non-hydrogen) atoms. The number of nitrogens with zero attached hydrogens (tertiary/aromatic N) is 1. The average Bonchev–Trinajstić information content (AvgIpc) is 2.70. The maximum atomic E-state index is 13.7. The van der Waals surface area contributed by atoms with Gasteiger partial charge >= 0.3 is 5.97 Å². The molecule has 0 bridgehead atoms. The van der Waals surface area contributed by atoms with Crippen molar-refractivity contribution in [3.05, 3.63) is 29.0 Å². The van der Waals surface area contributed by atoms with Crippen LogP contribution in [0.4, 0.5) is 10.1 Å². The Bertz CT molecular complexity index is 486. The summed E-state index contributed by atoms with van der Waals surface area (Å²) in [5.41, 5.74) is 0.0237. The van der Waals surface area contributed by atoms with Gasteiger partial charge in [-0.2, -0.15) is 0 Å². The monoisotopic (exact) mass is 271 g/mol. The third-order valence-electron chi connectivity index (χ3n) is 2.87. The molecule has 2 rings (SSSR count). The van der Waals surface area contributed by atoms with E-state index in [0.29, 0.717) is 0 Å². The molecule has 0 spiro atoms. The van der Waals surface area contributed by atoms with Crippen LogP contribution in [0.15, 0.2) is 18.2 Å². The summed E-state index contributed by atoms with van der Waals surface area (Å²) in [5, 5.41) is 0.147. The van der Waals surface area contributed by atoms with Crippen LogP contribution in [0.25, 0.3) is 0 Å². The van der Waals surface area contributed by atoms with Crippen molar-refractivity contribution in [2.45, 2.75) is 6.42 Å². The highest BCUT2D eigenvalue weighted by atomic mass is 35.5. The van der Waals surface area contributed by atoms with Crippen LogP contribution in [-0.4, -0.2) is 25.5 Å². The highest BCUT2D eigenvalue weighted by Gasteiger charge is 2.37. The molecular weight excluding hydrogens is 261 g/mol. The fourth-order valence-corrected chi connectivity index (χ4v) is 2.26. The van der Waals surface area contributed by atoms with E-state index >= 15 is 0 Å². The van der Waals surface area contributed by atoms with Crippen molar-refractivity contribution < 1.29 is 18.7 Å². The zero-order chi connectivity index (χ0) is 13.3.